The highest BCUT2D eigenvalue weighted by atomic mass is 16.5. The summed E-state index contributed by atoms with van der Waals surface area (Å²) in [7, 11) is 0. The van der Waals surface area contributed by atoms with Crippen molar-refractivity contribution < 1.29 is 9.84 Å². The Morgan fingerprint density at radius 3 is 3.31 bits per heavy atom. The van der Waals surface area contributed by atoms with Crippen molar-refractivity contribution in [3.8, 4) is 5.75 Å². The molecule has 0 bridgehead atoms. The van der Waals surface area contributed by atoms with Gasteiger partial charge < -0.3 is 9.84 Å². The Morgan fingerprint density at radius 1 is 1.69 bits per heavy atom. The molecule has 1 aliphatic rings. The second-order valence-corrected chi connectivity index (χ2v) is 3.21. The van der Waals surface area contributed by atoms with E-state index in [0.717, 1.165) is 17.7 Å². The van der Waals surface area contributed by atoms with Gasteiger partial charge in [0.25, 0.3) is 0 Å². The van der Waals surface area contributed by atoms with Gasteiger partial charge in [0.1, 0.15) is 11.4 Å². The highest BCUT2D eigenvalue weighted by Crippen LogP contribution is 2.32. The van der Waals surface area contributed by atoms with Gasteiger partial charge in [-0.05, 0) is 12.5 Å². The first-order valence-corrected chi connectivity index (χ1v) is 4.61. The van der Waals surface area contributed by atoms with Crippen LogP contribution in [0.5, 0.6) is 5.75 Å². The minimum atomic E-state index is -0.493. The predicted molar refractivity (Wildman–Crippen MR) is 48.7 cm³/mol. The Labute approximate surface area is 77.4 Å². The SMILES string of the molecule is CCC(O)c1nccc2c1OCC2. The van der Waals surface area contributed by atoms with Gasteiger partial charge in [0, 0.05) is 18.2 Å². The molecule has 3 heteroatoms. The Balaban J connectivity index is 2.41. The van der Waals surface area contributed by atoms with Crippen LogP contribution in [0.2, 0.25) is 0 Å². The number of rotatable bonds is 2. The van der Waals surface area contributed by atoms with Gasteiger partial charge in [0.15, 0.2) is 0 Å². The van der Waals surface area contributed by atoms with E-state index in [9.17, 15) is 5.11 Å². The summed E-state index contributed by atoms with van der Waals surface area (Å²) in [5, 5.41) is 9.65. The Hall–Kier alpha value is -1.09. The molecule has 0 saturated heterocycles. The summed E-state index contributed by atoms with van der Waals surface area (Å²) >= 11 is 0. The van der Waals surface area contributed by atoms with E-state index in [1.165, 1.54) is 0 Å². The van der Waals surface area contributed by atoms with E-state index in [0.29, 0.717) is 18.7 Å². The minimum absolute atomic E-state index is 0.493. The summed E-state index contributed by atoms with van der Waals surface area (Å²) in [5.74, 6) is 0.803. The fraction of sp³-hybridized carbons (Fsp3) is 0.500. The Morgan fingerprint density at radius 2 is 2.54 bits per heavy atom. The van der Waals surface area contributed by atoms with E-state index in [4.69, 9.17) is 4.74 Å². The average molecular weight is 179 g/mol. The molecule has 0 fully saturated rings. The van der Waals surface area contributed by atoms with E-state index in [1.54, 1.807) is 6.20 Å². The van der Waals surface area contributed by atoms with Crippen LogP contribution >= 0.6 is 0 Å². The number of hydrogen-bond acceptors (Lipinski definition) is 3. The third-order valence-corrected chi connectivity index (χ3v) is 2.33. The molecule has 1 N–H and O–H groups in total. The van der Waals surface area contributed by atoms with E-state index in [-0.39, 0.29) is 0 Å². The molecule has 1 atom stereocenters. The van der Waals surface area contributed by atoms with Crippen molar-refractivity contribution in [1.29, 1.82) is 0 Å². The molecule has 2 heterocycles. The quantitative estimate of drug-likeness (QED) is 0.747. The maximum Gasteiger partial charge on any atom is 0.146 e. The summed E-state index contributed by atoms with van der Waals surface area (Å²) in [6.45, 7) is 2.64. The van der Waals surface area contributed by atoms with Gasteiger partial charge >= 0.3 is 0 Å². The lowest BCUT2D eigenvalue weighted by Gasteiger charge is -2.10. The van der Waals surface area contributed by atoms with E-state index in [2.05, 4.69) is 4.98 Å². The van der Waals surface area contributed by atoms with E-state index in [1.807, 2.05) is 13.0 Å². The van der Waals surface area contributed by atoms with Gasteiger partial charge in [-0.15, -0.1) is 0 Å². The second kappa shape index (κ2) is 3.34. The lowest BCUT2D eigenvalue weighted by Crippen LogP contribution is -2.01. The number of nitrogens with zero attached hydrogens (tertiary/aromatic N) is 1. The van der Waals surface area contributed by atoms with Gasteiger partial charge in [-0.2, -0.15) is 0 Å². The van der Waals surface area contributed by atoms with Crippen molar-refractivity contribution in [3.05, 3.63) is 23.5 Å². The molecule has 0 spiro atoms. The zero-order valence-corrected chi connectivity index (χ0v) is 7.66. The van der Waals surface area contributed by atoms with Crippen molar-refractivity contribution in [2.24, 2.45) is 0 Å². The van der Waals surface area contributed by atoms with Crippen LogP contribution in [-0.4, -0.2) is 16.7 Å². The summed E-state index contributed by atoms with van der Waals surface area (Å²) in [6.07, 6.45) is 2.85. The summed E-state index contributed by atoms with van der Waals surface area (Å²) in [4.78, 5) is 4.15. The smallest absolute Gasteiger partial charge is 0.146 e. The minimum Gasteiger partial charge on any atom is -0.491 e. The van der Waals surface area contributed by atoms with Crippen LogP contribution in [-0.2, 0) is 6.42 Å². The lowest BCUT2D eigenvalue weighted by molar-refractivity contribution is 0.163. The molecule has 0 radical (unpaired) electrons. The molecule has 13 heavy (non-hydrogen) atoms. The van der Waals surface area contributed by atoms with Gasteiger partial charge in [-0.25, -0.2) is 0 Å². The molecule has 3 nitrogen and oxygen atoms in total. The normalized spacial score (nSPS) is 16.5. The van der Waals surface area contributed by atoms with Crippen LogP contribution in [0.1, 0.15) is 30.7 Å². The fourth-order valence-corrected chi connectivity index (χ4v) is 1.56. The Bertz CT molecular complexity index is 312. The maximum atomic E-state index is 9.65. The maximum absolute atomic E-state index is 9.65. The first-order chi connectivity index (χ1) is 6.33. The molecule has 1 aromatic rings. The third kappa shape index (κ3) is 1.40. The van der Waals surface area contributed by atoms with E-state index >= 15 is 0 Å². The van der Waals surface area contributed by atoms with Crippen molar-refractivity contribution in [1.82, 2.24) is 4.98 Å². The van der Waals surface area contributed by atoms with Crippen LogP contribution in [0, 0.1) is 0 Å². The van der Waals surface area contributed by atoms with Crippen LogP contribution in [0.25, 0.3) is 0 Å². The van der Waals surface area contributed by atoms with Crippen LogP contribution in [0.3, 0.4) is 0 Å². The lowest BCUT2D eigenvalue weighted by atomic mass is 10.1. The van der Waals surface area contributed by atoms with Crippen LogP contribution in [0.4, 0.5) is 0 Å². The Kier molecular flexibility index (Phi) is 2.19. The number of pyridine rings is 1. The zero-order valence-electron chi connectivity index (χ0n) is 7.66. The van der Waals surface area contributed by atoms with Gasteiger partial charge in [0.05, 0.1) is 12.7 Å². The summed E-state index contributed by atoms with van der Waals surface area (Å²) in [6, 6.07) is 1.95. The summed E-state index contributed by atoms with van der Waals surface area (Å²) in [5.41, 5.74) is 1.86. The molecule has 1 unspecified atom stereocenters. The number of aliphatic hydroxyl groups is 1. The third-order valence-electron chi connectivity index (χ3n) is 2.33. The van der Waals surface area contributed by atoms with Crippen LogP contribution in [0.15, 0.2) is 12.3 Å². The first-order valence-electron chi connectivity index (χ1n) is 4.61. The van der Waals surface area contributed by atoms with Gasteiger partial charge in [0.2, 0.25) is 0 Å². The molecule has 0 amide bonds. The highest BCUT2D eigenvalue weighted by molar-refractivity contribution is 5.40. The molecule has 1 aromatic heterocycles. The topological polar surface area (TPSA) is 42.4 Å². The molecule has 2 rings (SSSR count). The standard InChI is InChI=1S/C10H13NO2/c1-2-8(12)9-10-7(3-5-11-9)4-6-13-10/h3,5,8,12H,2,4,6H2,1H3. The zero-order chi connectivity index (χ0) is 9.26. The van der Waals surface area contributed by atoms with Crippen molar-refractivity contribution >= 4 is 0 Å². The largest absolute Gasteiger partial charge is 0.491 e. The number of fused-ring (bicyclic) bond motifs is 1. The summed E-state index contributed by atoms with van der Waals surface area (Å²) < 4.78 is 5.43. The van der Waals surface area contributed by atoms with Gasteiger partial charge in [-0.1, -0.05) is 6.92 Å². The number of hydrogen-bond donors (Lipinski definition) is 1. The van der Waals surface area contributed by atoms with Gasteiger partial charge in [-0.3, -0.25) is 4.98 Å². The predicted octanol–water partition coefficient (Wildman–Crippen LogP) is 1.46. The molecular formula is C10H13NO2. The second-order valence-electron chi connectivity index (χ2n) is 3.21. The molecule has 0 aliphatic carbocycles. The van der Waals surface area contributed by atoms with Crippen molar-refractivity contribution in [3.63, 3.8) is 0 Å². The number of aliphatic hydroxyl groups excluding tert-OH is 1. The van der Waals surface area contributed by atoms with Crippen molar-refractivity contribution in [2.75, 3.05) is 6.61 Å². The first kappa shape index (κ1) is 8.51. The van der Waals surface area contributed by atoms with E-state index < -0.39 is 6.10 Å². The molecule has 0 aromatic carbocycles. The monoisotopic (exact) mass is 179 g/mol. The molecule has 1 aliphatic heterocycles. The van der Waals surface area contributed by atoms with Crippen molar-refractivity contribution in [2.45, 2.75) is 25.9 Å². The number of aromatic nitrogens is 1. The molecule has 70 valence electrons. The highest BCUT2D eigenvalue weighted by Gasteiger charge is 2.20. The molecular weight excluding hydrogens is 166 g/mol. The fourth-order valence-electron chi connectivity index (χ4n) is 1.56. The average Bonchev–Trinajstić information content (AvgIpc) is 2.63. The van der Waals surface area contributed by atoms with Crippen LogP contribution < -0.4 is 4.74 Å². The molecule has 0 saturated carbocycles. The number of ether oxygens (including phenoxy) is 1.